The van der Waals surface area contributed by atoms with Gasteiger partial charge in [-0.15, -0.1) is 11.3 Å². The number of hydrogen-bond donors (Lipinski definition) is 2. The molecule has 2 N–H and O–H groups in total. The molecule has 17 heavy (non-hydrogen) atoms. The van der Waals surface area contributed by atoms with Crippen LogP contribution in [0.4, 0.5) is 0 Å². The summed E-state index contributed by atoms with van der Waals surface area (Å²) in [7, 11) is 0. The first-order chi connectivity index (χ1) is 8.26. The Morgan fingerprint density at radius 3 is 2.76 bits per heavy atom. The largest absolute Gasteiger partial charge is 0.317 e. The minimum Gasteiger partial charge on any atom is -0.317 e. The van der Waals surface area contributed by atoms with E-state index in [9.17, 15) is 0 Å². The topological polar surface area (TPSA) is 24.1 Å². The summed E-state index contributed by atoms with van der Waals surface area (Å²) in [5.74, 6) is 0. The van der Waals surface area contributed by atoms with Crippen LogP contribution >= 0.6 is 11.3 Å². The van der Waals surface area contributed by atoms with Gasteiger partial charge in [-0.1, -0.05) is 6.92 Å². The second-order valence-corrected chi connectivity index (χ2v) is 6.23. The Morgan fingerprint density at radius 1 is 1.41 bits per heavy atom. The van der Waals surface area contributed by atoms with Gasteiger partial charge < -0.3 is 10.6 Å². The molecule has 3 heteroatoms. The lowest BCUT2D eigenvalue weighted by molar-refractivity contribution is 0.185. The number of nitrogens with one attached hydrogen (secondary N) is 2. The molecule has 1 aromatic rings. The van der Waals surface area contributed by atoms with Crippen molar-refractivity contribution in [3.63, 3.8) is 0 Å². The SMILES string of the molecule is CCC1(CNCc2sccc2C)CCNCC1. The summed E-state index contributed by atoms with van der Waals surface area (Å²) in [5, 5.41) is 9.32. The second kappa shape index (κ2) is 5.98. The zero-order valence-corrected chi connectivity index (χ0v) is 11.8. The van der Waals surface area contributed by atoms with E-state index in [1.165, 1.54) is 49.3 Å². The molecule has 2 rings (SSSR count). The maximum absolute atomic E-state index is 3.67. The first-order valence-corrected chi connectivity index (χ1v) is 7.58. The van der Waals surface area contributed by atoms with E-state index >= 15 is 0 Å². The molecule has 0 amide bonds. The molecule has 0 saturated carbocycles. The van der Waals surface area contributed by atoms with Crippen LogP contribution < -0.4 is 10.6 Å². The number of piperidine rings is 1. The summed E-state index contributed by atoms with van der Waals surface area (Å²) in [6.45, 7) is 9.12. The molecular weight excluding hydrogens is 228 g/mol. The number of hydrogen-bond acceptors (Lipinski definition) is 3. The summed E-state index contributed by atoms with van der Waals surface area (Å²) >= 11 is 1.87. The summed E-state index contributed by atoms with van der Waals surface area (Å²) in [6, 6.07) is 2.21. The van der Waals surface area contributed by atoms with Crippen LogP contribution in [0.25, 0.3) is 0 Å². The molecule has 1 aliphatic heterocycles. The lowest BCUT2D eigenvalue weighted by Gasteiger charge is -2.37. The van der Waals surface area contributed by atoms with E-state index in [0.29, 0.717) is 5.41 Å². The van der Waals surface area contributed by atoms with Crippen molar-refractivity contribution < 1.29 is 0 Å². The van der Waals surface area contributed by atoms with Crippen molar-refractivity contribution in [2.45, 2.75) is 39.7 Å². The molecule has 2 heterocycles. The van der Waals surface area contributed by atoms with Gasteiger partial charge in [0, 0.05) is 18.0 Å². The van der Waals surface area contributed by atoms with Crippen molar-refractivity contribution in [2.75, 3.05) is 19.6 Å². The third-order valence-electron chi connectivity index (χ3n) is 4.17. The minimum atomic E-state index is 0.538. The molecule has 2 nitrogen and oxygen atoms in total. The van der Waals surface area contributed by atoms with E-state index < -0.39 is 0 Å². The molecular formula is C14H24N2S. The van der Waals surface area contributed by atoms with Gasteiger partial charge in [-0.2, -0.15) is 0 Å². The van der Waals surface area contributed by atoms with Gasteiger partial charge >= 0.3 is 0 Å². The van der Waals surface area contributed by atoms with E-state index in [2.05, 4.69) is 35.9 Å². The maximum Gasteiger partial charge on any atom is 0.0302 e. The van der Waals surface area contributed by atoms with E-state index in [0.717, 1.165) is 6.54 Å². The van der Waals surface area contributed by atoms with Crippen molar-refractivity contribution in [2.24, 2.45) is 5.41 Å². The van der Waals surface area contributed by atoms with Crippen LogP contribution in [0.5, 0.6) is 0 Å². The fraction of sp³-hybridized carbons (Fsp3) is 0.714. The lowest BCUT2D eigenvalue weighted by atomic mass is 9.76. The van der Waals surface area contributed by atoms with Crippen molar-refractivity contribution in [1.29, 1.82) is 0 Å². The van der Waals surface area contributed by atoms with E-state index in [1.54, 1.807) is 0 Å². The van der Waals surface area contributed by atoms with Gasteiger partial charge in [-0.05, 0) is 61.7 Å². The van der Waals surface area contributed by atoms with Gasteiger partial charge in [0.05, 0.1) is 0 Å². The Bertz CT molecular complexity index is 340. The van der Waals surface area contributed by atoms with E-state index in [-0.39, 0.29) is 0 Å². The molecule has 0 atom stereocenters. The number of rotatable bonds is 5. The Labute approximate surface area is 109 Å². The second-order valence-electron chi connectivity index (χ2n) is 5.23. The molecule has 96 valence electrons. The Balaban J connectivity index is 1.82. The zero-order valence-electron chi connectivity index (χ0n) is 11.0. The van der Waals surface area contributed by atoms with Crippen LogP contribution in [0.3, 0.4) is 0 Å². The standard InChI is InChI=1S/C14H24N2S/c1-3-14(5-7-15-8-6-14)11-16-10-13-12(2)4-9-17-13/h4,9,15-16H,3,5-8,10-11H2,1-2H3. The monoisotopic (exact) mass is 252 g/mol. The normalized spacial score (nSPS) is 19.4. The Morgan fingerprint density at radius 2 is 2.18 bits per heavy atom. The predicted molar refractivity (Wildman–Crippen MR) is 75.6 cm³/mol. The molecule has 0 radical (unpaired) electrons. The third kappa shape index (κ3) is 3.30. The highest BCUT2D eigenvalue weighted by Crippen LogP contribution is 2.31. The van der Waals surface area contributed by atoms with Gasteiger partial charge in [0.15, 0.2) is 0 Å². The highest BCUT2D eigenvalue weighted by molar-refractivity contribution is 7.10. The van der Waals surface area contributed by atoms with Gasteiger partial charge in [0.2, 0.25) is 0 Å². The van der Waals surface area contributed by atoms with Crippen LogP contribution in [-0.2, 0) is 6.54 Å². The molecule has 0 bridgehead atoms. The zero-order chi connectivity index (χ0) is 12.1. The fourth-order valence-electron chi connectivity index (χ4n) is 2.64. The average molecular weight is 252 g/mol. The van der Waals surface area contributed by atoms with Crippen molar-refractivity contribution >= 4 is 11.3 Å². The van der Waals surface area contributed by atoms with Crippen LogP contribution in [0, 0.1) is 12.3 Å². The molecule has 1 aromatic heterocycles. The molecule has 0 aromatic carbocycles. The van der Waals surface area contributed by atoms with Gasteiger partial charge in [-0.3, -0.25) is 0 Å². The molecule has 0 aliphatic carbocycles. The fourth-order valence-corrected chi connectivity index (χ4v) is 3.51. The summed E-state index contributed by atoms with van der Waals surface area (Å²) < 4.78 is 0. The van der Waals surface area contributed by atoms with Crippen molar-refractivity contribution in [3.05, 3.63) is 21.9 Å². The first-order valence-electron chi connectivity index (χ1n) is 6.70. The quantitative estimate of drug-likeness (QED) is 0.842. The Hall–Kier alpha value is -0.380. The van der Waals surface area contributed by atoms with Crippen LogP contribution in [-0.4, -0.2) is 19.6 Å². The smallest absolute Gasteiger partial charge is 0.0302 e. The van der Waals surface area contributed by atoms with E-state index in [1.807, 2.05) is 11.3 Å². The molecule has 0 spiro atoms. The molecule has 1 fully saturated rings. The Kier molecular flexibility index (Phi) is 4.60. The van der Waals surface area contributed by atoms with Crippen molar-refractivity contribution in [3.8, 4) is 0 Å². The van der Waals surface area contributed by atoms with Gasteiger partial charge in [-0.25, -0.2) is 0 Å². The lowest BCUT2D eigenvalue weighted by Crippen LogP contribution is -2.42. The molecule has 0 unspecified atom stereocenters. The molecule has 1 aliphatic rings. The summed E-state index contributed by atoms with van der Waals surface area (Å²) in [6.07, 6.45) is 3.94. The predicted octanol–water partition coefficient (Wildman–Crippen LogP) is 2.93. The van der Waals surface area contributed by atoms with Gasteiger partial charge in [0.1, 0.15) is 0 Å². The van der Waals surface area contributed by atoms with Crippen LogP contribution in [0.1, 0.15) is 36.6 Å². The maximum atomic E-state index is 3.67. The van der Waals surface area contributed by atoms with Crippen LogP contribution in [0.15, 0.2) is 11.4 Å². The van der Waals surface area contributed by atoms with Crippen LogP contribution in [0.2, 0.25) is 0 Å². The van der Waals surface area contributed by atoms with E-state index in [4.69, 9.17) is 0 Å². The summed E-state index contributed by atoms with van der Waals surface area (Å²) in [5.41, 5.74) is 1.97. The third-order valence-corrected chi connectivity index (χ3v) is 5.19. The number of thiophene rings is 1. The van der Waals surface area contributed by atoms with Gasteiger partial charge in [0.25, 0.3) is 0 Å². The molecule has 1 saturated heterocycles. The highest BCUT2D eigenvalue weighted by atomic mass is 32.1. The highest BCUT2D eigenvalue weighted by Gasteiger charge is 2.29. The first kappa shape index (κ1) is 13.1. The average Bonchev–Trinajstić information content (AvgIpc) is 2.76. The number of aryl methyl sites for hydroxylation is 1. The minimum absolute atomic E-state index is 0.538. The van der Waals surface area contributed by atoms with Crippen molar-refractivity contribution in [1.82, 2.24) is 10.6 Å². The summed E-state index contributed by atoms with van der Waals surface area (Å²) in [4.78, 5) is 1.49.